The Labute approximate surface area is 126 Å². The highest BCUT2D eigenvalue weighted by Crippen LogP contribution is 2.23. The summed E-state index contributed by atoms with van der Waals surface area (Å²) in [6, 6.07) is 8.41. The molecule has 22 heavy (non-hydrogen) atoms. The smallest absolute Gasteiger partial charge is 0.262 e. The zero-order chi connectivity index (χ0) is 16.3. The molecule has 0 bridgehead atoms. The molecule has 1 aliphatic heterocycles. The maximum absolute atomic E-state index is 12.2. The molecule has 1 aromatic rings. The number of nitrogens with zero attached hydrogens (tertiary/aromatic N) is 4. The third kappa shape index (κ3) is 2.65. The van der Waals surface area contributed by atoms with Crippen molar-refractivity contribution in [2.24, 2.45) is 0 Å². The molecule has 0 radical (unpaired) electrons. The van der Waals surface area contributed by atoms with Gasteiger partial charge in [-0.05, 0) is 19.1 Å². The lowest BCUT2D eigenvalue weighted by molar-refractivity contribution is -0.130. The minimum atomic E-state index is -0.616. The number of imide groups is 1. The molecule has 1 aliphatic rings. The zero-order valence-electron chi connectivity index (χ0n) is 11.9. The van der Waals surface area contributed by atoms with Crippen molar-refractivity contribution in [1.29, 1.82) is 10.5 Å². The SMILES string of the molecule is Cc1ccc2c(c1)C(=O)N(CC(=O)N(CC#N)CC#N)C2=O. The number of amides is 3. The van der Waals surface area contributed by atoms with Crippen molar-refractivity contribution >= 4 is 17.7 Å². The van der Waals surface area contributed by atoms with Gasteiger partial charge < -0.3 is 4.90 Å². The second kappa shape index (κ2) is 6.06. The van der Waals surface area contributed by atoms with Crippen molar-refractivity contribution in [3.8, 4) is 12.1 Å². The minimum Gasteiger partial charge on any atom is -0.314 e. The molecule has 110 valence electrons. The first kappa shape index (κ1) is 15.2. The molecule has 0 N–H and O–H groups in total. The van der Waals surface area contributed by atoms with E-state index < -0.39 is 24.3 Å². The Morgan fingerprint density at radius 3 is 2.32 bits per heavy atom. The van der Waals surface area contributed by atoms with E-state index in [4.69, 9.17) is 10.5 Å². The Kier molecular flexibility index (Phi) is 4.19. The van der Waals surface area contributed by atoms with Crippen LogP contribution in [0.4, 0.5) is 0 Å². The van der Waals surface area contributed by atoms with E-state index >= 15 is 0 Å². The van der Waals surface area contributed by atoms with Crippen molar-refractivity contribution in [3.63, 3.8) is 0 Å². The van der Waals surface area contributed by atoms with Gasteiger partial charge in [-0.15, -0.1) is 0 Å². The fourth-order valence-corrected chi connectivity index (χ4v) is 2.19. The fourth-order valence-electron chi connectivity index (χ4n) is 2.19. The molecular weight excluding hydrogens is 284 g/mol. The van der Waals surface area contributed by atoms with Crippen LogP contribution in [0.5, 0.6) is 0 Å². The average Bonchev–Trinajstić information content (AvgIpc) is 2.71. The summed E-state index contributed by atoms with van der Waals surface area (Å²) in [4.78, 5) is 38.3. The van der Waals surface area contributed by atoms with Crippen LogP contribution in [0.25, 0.3) is 0 Å². The van der Waals surface area contributed by atoms with Crippen LogP contribution in [0.15, 0.2) is 18.2 Å². The molecule has 0 unspecified atom stereocenters. The second-order valence-electron chi connectivity index (χ2n) is 4.81. The highest BCUT2D eigenvalue weighted by molar-refractivity contribution is 6.22. The zero-order valence-corrected chi connectivity index (χ0v) is 11.9. The van der Waals surface area contributed by atoms with Crippen molar-refractivity contribution in [2.75, 3.05) is 19.6 Å². The van der Waals surface area contributed by atoms with Gasteiger partial charge in [0.15, 0.2) is 0 Å². The van der Waals surface area contributed by atoms with Crippen LogP contribution in [0.3, 0.4) is 0 Å². The molecule has 0 saturated heterocycles. The third-order valence-corrected chi connectivity index (χ3v) is 3.30. The van der Waals surface area contributed by atoms with Gasteiger partial charge in [0.1, 0.15) is 19.6 Å². The summed E-state index contributed by atoms with van der Waals surface area (Å²) in [6.07, 6.45) is 0. The molecule has 1 heterocycles. The maximum atomic E-state index is 12.2. The number of carbonyl (C=O) groups is 3. The molecule has 7 heteroatoms. The van der Waals surface area contributed by atoms with Crippen molar-refractivity contribution < 1.29 is 14.4 Å². The average molecular weight is 296 g/mol. The first-order chi connectivity index (χ1) is 10.5. The molecule has 0 saturated carbocycles. The van der Waals surface area contributed by atoms with Crippen molar-refractivity contribution in [3.05, 3.63) is 34.9 Å². The number of fused-ring (bicyclic) bond motifs is 1. The van der Waals surface area contributed by atoms with Crippen LogP contribution < -0.4 is 0 Å². The van der Waals surface area contributed by atoms with E-state index in [9.17, 15) is 14.4 Å². The lowest BCUT2D eigenvalue weighted by Crippen LogP contribution is -2.43. The molecule has 1 aromatic carbocycles. The Bertz CT molecular complexity index is 726. The monoisotopic (exact) mass is 296 g/mol. The predicted molar refractivity (Wildman–Crippen MR) is 74.4 cm³/mol. The maximum Gasteiger partial charge on any atom is 0.262 e. The van der Waals surface area contributed by atoms with Crippen LogP contribution in [0.2, 0.25) is 0 Å². The van der Waals surface area contributed by atoms with Crippen molar-refractivity contribution in [2.45, 2.75) is 6.92 Å². The van der Waals surface area contributed by atoms with Gasteiger partial charge in [0, 0.05) is 0 Å². The van der Waals surface area contributed by atoms with E-state index in [1.807, 2.05) is 0 Å². The summed E-state index contributed by atoms with van der Waals surface area (Å²) in [5.74, 6) is -1.69. The van der Waals surface area contributed by atoms with Gasteiger partial charge in [-0.3, -0.25) is 19.3 Å². The number of carbonyl (C=O) groups excluding carboxylic acids is 3. The Morgan fingerprint density at radius 1 is 1.14 bits per heavy atom. The van der Waals surface area contributed by atoms with E-state index in [-0.39, 0.29) is 24.2 Å². The fraction of sp³-hybridized carbons (Fsp3) is 0.267. The first-order valence-electron chi connectivity index (χ1n) is 6.48. The number of hydrogen-bond donors (Lipinski definition) is 0. The van der Waals surface area contributed by atoms with Crippen LogP contribution in [0.1, 0.15) is 26.3 Å². The van der Waals surface area contributed by atoms with Gasteiger partial charge >= 0.3 is 0 Å². The highest BCUT2D eigenvalue weighted by atomic mass is 16.2. The lowest BCUT2D eigenvalue weighted by atomic mass is 10.1. The van der Waals surface area contributed by atoms with Crippen LogP contribution >= 0.6 is 0 Å². The molecule has 3 amide bonds. The summed E-state index contributed by atoms with van der Waals surface area (Å²) in [7, 11) is 0. The molecule has 0 spiro atoms. The van der Waals surface area contributed by atoms with Gasteiger partial charge in [0.05, 0.1) is 23.3 Å². The summed E-state index contributed by atoms with van der Waals surface area (Å²) >= 11 is 0. The first-order valence-corrected chi connectivity index (χ1v) is 6.48. The Balaban J connectivity index is 2.20. The van der Waals surface area contributed by atoms with E-state index in [1.54, 1.807) is 37.3 Å². The molecule has 0 fully saturated rings. The standard InChI is InChI=1S/C15H12N4O3/c1-10-2-3-11-12(8-10)15(22)19(14(11)21)9-13(20)18(6-4-16)7-5-17/h2-3,8H,6-7,9H2,1H3. The van der Waals surface area contributed by atoms with E-state index in [2.05, 4.69) is 0 Å². The Hall–Kier alpha value is -3.19. The number of aryl methyl sites for hydroxylation is 1. The Morgan fingerprint density at radius 2 is 1.73 bits per heavy atom. The van der Waals surface area contributed by atoms with Gasteiger partial charge in [-0.25, -0.2) is 0 Å². The number of benzene rings is 1. The van der Waals surface area contributed by atoms with Crippen LogP contribution in [-0.2, 0) is 4.79 Å². The molecule has 7 nitrogen and oxygen atoms in total. The summed E-state index contributed by atoms with van der Waals surface area (Å²) in [5, 5.41) is 17.3. The summed E-state index contributed by atoms with van der Waals surface area (Å²) in [6.45, 7) is 0.783. The number of nitriles is 2. The number of hydrogen-bond acceptors (Lipinski definition) is 5. The molecule has 0 atom stereocenters. The largest absolute Gasteiger partial charge is 0.314 e. The normalized spacial score (nSPS) is 12.6. The number of rotatable bonds is 4. The van der Waals surface area contributed by atoms with Crippen LogP contribution in [0, 0.1) is 29.6 Å². The molecule has 2 rings (SSSR count). The minimum absolute atomic E-state index is 0.260. The van der Waals surface area contributed by atoms with E-state index in [1.165, 1.54) is 0 Å². The third-order valence-electron chi connectivity index (χ3n) is 3.30. The lowest BCUT2D eigenvalue weighted by Gasteiger charge is -2.19. The van der Waals surface area contributed by atoms with E-state index in [0.717, 1.165) is 15.4 Å². The topological polar surface area (TPSA) is 105 Å². The quantitative estimate of drug-likeness (QED) is 0.593. The molecule has 0 aromatic heterocycles. The molecular formula is C15H12N4O3. The van der Waals surface area contributed by atoms with Crippen molar-refractivity contribution in [1.82, 2.24) is 9.80 Å². The second-order valence-corrected chi connectivity index (χ2v) is 4.81. The van der Waals surface area contributed by atoms with E-state index in [0.29, 0.717) is 0 Å². The van der Waals surface area contributed by atoms with Crippen LogP contribution in [-0.4, -0.2) is 47.2 Å². The highest BCUT2D eigenvalue weighted by Gasteiger charge is 2.37. The predicted octanol–water partition coefficient (Wildman–Crippen LogP) is 0.467. The summed E-state index contributed by atoms with van der Waals surface area (Å²) < 4.78 is 0. The molecule has 0 aliphatic carbocycles. The van der Waals surface area contributed by atoms with Gasteiger partial charge in [0.25, 0.3) is 11.8 Å². The van der Waals surface area contributed by atoms with Gasteiger partial charge in [0.2, 0.25) is 5.91 Å². The van der Waals surface area contributed by atoms with Gasteiger partial charge in [-0.1, -0.05) is 11.6 Å². The van der Waals surface area contributed by atoms with Gasteiger partial charge in [-0.2, -0.15) is 10.5 Å². The summed E-state index contributed by atoms with van der Waals surface area (Å²) in [5.41, 5.74) is 1.36.